The lowest BCUT2D eigenvalue weighted by molar-refractivity contribution is 0.00987. The number of methoxy groups -OCH3 is 1. The lowest BCUT2D eigenvalue weighted by Gasteiger charge is -2.25. The molecule has 4 heteroatoms. The number of nitrogens with zero attached hydrogens (tertiary/aromatic N) is 1. The summed E-state index contributed by atoms with van der Waals surface area (Å²) in [5.41, 5.74) is 2.55. The summed E-state index contributed by atoms with van der Waals surface area (Å²) in [6.07, 6.45) is 0.506. The number of carbonyl (C=O) groups is 1. The van der Waals surface area contributed by atoms with E-state index in [1.54, 1.807) is 11.7 Å². The molecule has 0 spiro atoms. The van der Waals surface area contributed by atoms with Gasteiger partial charge in [-0.15, -0.1) is 0 Å². The van der Waals surface area contributed by atoms with Crippen molar-refractivity contribution in [3.05, 3.63) is 102 Å². The summed E-state index contributed by atoms with van der Waals surface area (Å²) in [4.78, 5) is 13.8. The first-order valence-corrected chi connectivity index (χ1v) is 10.7. The van der Waals surface area contributed by atoms with Crippen LogP contribution in [0.2, 0.25) is 0 Å². The van der Waals surface area contributed by atoms with E-state index in [4.69, 9.17) is 4.74 Å². The fourth-order valence-corrected chi connectivity index (χ4v) is 5.89. The molecule has 1 N–H and O–H groups in total. The Kier molecular flexibility index (Phi) is 3.90. The van der Waals surface area contributed by atoms with Crippen molar-refractivity contribution in [2.75, 3.05) is 7.11 Å². The van der Waals surface area contributed by atoms with Gasteiger partial charge in [0.2, 0.25) is 5.91 Å². The normalized spacial score (nSPS) is 26.8. The van der Waals surface area contributed by atoms with Crippen LogP contribution in [0.3, 0.4) is 0 Å². The molecule has 0 amide bonds. The molecule has 3 aromatic carbocycles. The van der Waals surface area contributed by atoms with Crippen LogP contribution in [0, 0.1) is 5.92 Å². The van der Waals surface area contributed by atoms with Gasteiger partial charge >= 0.3 is 0 Å². The van der Waals surface area contributed by atoms with Gasteiger partial charge in [0.15, 0.2) is 0 Å². The van der Waals surface area contributed by atoms with E-state index < -0.39 is 11.5 Å². The van der Waals surface area contributed by atoms with Crippen molar-refractivity contribution in [2.45, 2.75) is 23.9 Å². The molecule has 1 aliphatic carbocycles. The van der Waals surface area contributed by atoms with Gasteiger partial charge in [0.25, 0.3) is 0 Å². The topological polar surface area (TPSA) is 51.5 Å². The molecule has 1 saturated carbocycles. The molecule has 1 fully saturated rings. The minimum Gasteiger partial charge on any atom is -0.497 e. The Labute approximate surface area is 180 Å². The van der Waals surface area contributed by atoms with Crippen LogP contribution in [0.15, 0.2) is 84.9 Å². The van der Waals surface area contributed by atoms with E-state index in [0.717, 1.165) is 33.5 Å². The molecule has 1 aliphatic heterocycles. The number of rotatable bonds is 3. The first kappa shape index (κ1) is 18.4. The van der Waals surface area contributed by atoms with Crippen molar-refractivity contribution >= 4 is 16.8 Å². The van der Waals surface area contributed by atoms with Gasteiger partial charge in [-0.1, -0.05) is 60.7 Å². The Hall–Kier alpha value is -3.37. The highest BCUT2D eigenvalue weighted by molar-refractivity contribution is 5.99. The number of fused-ring (bicyclic) bond motifs is 5. The standard InChI is InChI=1S/C27H23NO3/c1-31-20-12-7-11-19(14-20)24-21(17-8-3-2-4-9-17)16-27(30)23-15-18-10-5-6-13-22(18)28(23)26(29)25(24)27/h2-15,21,24-25,30H,16H2,1H3/t21-,24-,25-,27-/m1/s1. The van der Waals surface area contributed by atoms with E-state index >= 15 is 0 Å². The average Bonchev–Trinajstić information content (AvgIpc) is 3.41. The van der Waals surface area contributed by atoms with Crippen LogP contribution in [-0.4, -0.2) is 22.7 Å². The summed E-state index contributed by atoms with van der Waals surface area (Å²) in [6.45, 7) is 0. The number of hydrogen-bond acceptors (Lipinski definition) is 3. The predicted octanol–water partition coefficient (Wildman–Crippen LogP) is 5.08. The van der Waals surface area contributed by atoms with Crippen molar-refractivity contribution in [1.82, 2.24) is 4.57 Å². The number of para-hydroxylation sites is 1. The minimum absolute atomic E-state index is 0.0232. The van der Waals surface area contributed by atoms with Crippen LogP contribution < -0.4 is 4.74 Å². The number of aliphatic hydroxyl groups is 1. The molecular weight excluding hydrogens is 386 g/mol. The molecule has 31 heavy (non-hydrogen) atoms. The largest absolute Gasteiger partial charge is 0.497 e. The van der Waals surface area contributed by atoms with Gasteiger partial charge in [0, 0.05) is 11.3 Å². The summed E-state index contributed by atoms with van der Waals surface area (Å²) < 4.78 is 7.21. The lowest BCUT2D eigenvalue weighted by Crippen LogP contribution is -2.31. The molecular formula is C27H23NO3. The molecule has 0 radical (unpaired) electrons. The van der Waals surface area contributed by atoms with Crippen molar-refractivity contribution in [2.24, 2.45) is 5.92 Å². The molecule has 0 unspecified atom stereocenters. The van der Waals surface area contributed by atoms with E-state index in [1.807, 2.05) is 72.8 Å². The predicted molar refractivity (Wildman–Crippen MR) is 119 cm³/mol. The summed E-state index contributed by atoms with van der Waals surface area (Å²) in [5, 5.41) is 13.1. The number of hydrogen-bond donors (Lipinski definition) is 1. The fraction of sp³-hybridized carbons (Fsp3) is 0.222. The van der Waals surface area contributed by atoms with E-state index in [-0.39, 0.29) is 17.7 Å². The first-order valence-electron chi connectivity index (χ1n) is 10.7. The van der Waals surface area contributed by atoms with Crippen LogP contribution in [0.25, 0.3) is 10.9 Å². The molecule has 0 saturated heterocycles. The molecule has 4 nitrogen and oxygen atoms in total. The zero-order valence-corrected chi connectivity index (χ0v) is 17.2. The Bertz CT molecular complexity index is 1310. The highest BCUT2D eigenvalue weighted by Gasteiger charge is 2.63. The van der Waals surface area contributed by atoms with Gasteiger partial charge in [-0.25, -0.2) is 0 Å². The van der Waals surface area contributed by atoms with Crippen molar-refractivity contribution in [1.29, 1.82) is 0 Å². The highest BCUT2D eigenvalue weighted by atomic mass is 16.5. The Morgan fingerprint density at radius 3 is 2.48 bits per heavy atom. The second kappa shape index (κ2) is 6.56. The molecule has 154 valence electrons. The Morgan fingerprint density at radius 1 is 0.935 bits per heavy atom. The van der Waals surface area contributed by atoms with E-state index in [2.05, 4.69) is 12.1 Å². The lowest BCUT2D eigenvalue weighted by atomic mass is 9.78. The van der Waals surface area contributed by atoms with Crippen LogP contribution >= 0.6 is 0 Å². The van der Waals surface area contributed by atoms with Crippen LogP contribution in [0.5, 0.6) is 5.75 Å². The monoisotopic (exact) mass is 409 g/mol. The van der Waals surface area contributed by atoms with E-state index in [0.29, 0.717) is 6.42 Å². The molecule has 4 aromatic rings. The summed E-state index contributed by atoms with van der Waals surface area (Å²) in [5.74, 6) is 0.0808. The highest BCUT2D eigenvalue weighted by Crippen LogP contribution is 2.62. The van der Waals surface area contributed by atoms with Crippen LogP contribution in [0.4, 0.5) is 0 Å². The molecule has 4 atom stereocenters. The van der Waals surface area contributed by atoms with Crippen LogP contribution in [0.1, 0.15) is 39.9 Å². The third-order valence-corrected chi connectivity index (χ3v) is 7.19. The molecule has 2 heterocycles. The minimum atomic E-state index is -1.20. The third-order valence-electron chi connectivity index (χ3n) is 7.19. The van der Waals surface area contributed by atoms with Crippen molar-refractivity contribution in [3.8, 4) is 5.75 Å². The van der Waals surface area contributed by atoms with Gasteiger partial charge in [-0.05, 0) is 47.7 Å². The zero-order chi connectivity index (χ0) is 21.2. The molecule has 1 aromatic heterocycles. The maximum Gasteiger partial charge on any atom is 0.238 e. The van der Waals surface area contributed by atoms with Gasteiger partial charge in [0.05, 0.1) is 24.2 Å². The maximum absolute atomic E-state index is 13.8. The van der Waals surface area contributed by atoms with E-state index in [1.165, 1.54) is 0 Å². The van der Waals surface area contributed by atoms with Gasteiger partial charge in [0.1, 0.15) is 11.4 Å². The van der Waals surface area contributed by atoms with Crippen molar-refractivity contribution < 1.29 is 14.6 Å². The smallest absolute Gasteiger partial charge is 0.238 e. The summed E-state index contributed by atoms with van der Waals surface area (Å²) in [6, 6.07) is 28.0. The molecule has 0 bridgehead atoms. The maximum atomic E-state index is 13.8. The Balaban J connectivity index is 1.57. The fourth-order valence-electron chi connectivity index (χ4n) is 5.89. The quantitative estimate of drug-likeness (QED) is 0.513. The second-order valence-electron chi connectivity index (χ2n) is 8.69. The van der Waals surface area contributed by atoms with E-state index in [9.17, 15) is 9.90 Å². The summed E-state index contributed by atoms with van der Waals surface area (Å²) in [7, 11) is 1.65. The van der Waals surface area contributed by atoms with Gasteiger partial charge in [-0.3, -0.25) is 9.36 Å². The summed E-state index contributed by atoms with van der Waals surface area (Å²) >= 11 is 0. The third kappa shape index (κ3) is 2.48. The van der Waals surface area contributed by atoms with Gasteiger partial charge < -0.3 is 9.84 Å². The average molecular weight is 409 g/mol. The first-order chi connectivity index (χ1) is 15.1. The number of carbonyl (C=O) groups excluding carboxylic acids is 1. The molecule has 6 rings (SSSR count). The molecule has 2 aliphatic rings. The van der Waals surface area contributed by atoms with Crippen LogP contribution in [-0.2, 0) is 5.60 Å². The second-order valence-corrected chi connectivity index (χ2v) is 8.69. The van der Waals surface area contributed by atoms with Crippen molar-refractivity contribution in [3.63, 3.8) is 0 Å². The number of ether oxygens (including phenoxy) is 1. The number of benzene rings is 3. The Morgan fingerprint density at radius 2 is 1.68 bits per heavy atom. The number of aromatic nitrogens is 1. The zero-order valence-electron chi connectivity index (χ0n) is 17.2. The van der Waals surface area contributed by atoms with Gasteiger partial charge in [-0.2, -0.15) is 0 Å². The SMILES string of the molecule is COc1cccc([C@@H]2[C@@H](c3ccccc3)C[C@@]3(O)c4cc5ccccc5n4C(=O)[C@@H]23)c1.